The van der Waals surface area contributed by atoms with Crippen LogP contribution in [0.25, 0.3) is 16.3 Å². The van der Waals surface area contributed by atoms with Crippen LogP contribution in [-0.2, 0) is 20.9 Å². The van der Waals surface area contributed by atoms with Crippen molar-refractivity contribution >= 4 is 50.8 Å². The fraction of sp³-hybridized carbons (Fsp3) is 0.250. The number of carbonyl (C=O) groups is 2. The quantitative estimate of drug-likeness (QED) is 0.479. The molecule has 2 aromatic heterocycles. The number of hydrogen-bond donors (Lipinski definition) is 0. The summed E-state index contributed by atoms with van der Waals surface area (Å²) in [5.41, 5.74) is 3.07. The van der Waals surface area contributed by atoms with E-state index < -0.39 is 0 Å². The lowest BCUT2D eigenvalue weighted by molar-refractivity contribution is -0.143. The number of amides is 1. The molecule has 2 heterocycles. The van der Waals surface area contributed by atoms with Gasteiger partial charge in [0.1, 0.15) is 6.54 Å². The molecule has 27 heavy (non-hydrogen) atoms. The summed E-state index contributed by atoms with van der Waals surface area (Å²) in [6.45, 7) is 6.12. The van der Waals surface area contributed by atoms with Crippen molar-refractivity contribution in [1.29, 1.82) is 0 Å². The molecule has 0 unspecified atom stereocenters. The van der Waals surface area contributed by atoms with Gasteiger partial charge in [0.2, 0.25) is 0 Å². The number of benzene rings is 1. The fourth-order valence-electron chi connectivity index (χ4n) is 2.83. The van der Waals surface area contributed by atoms with Crippen LogP contribution in [0.3, 0.4) is 0 Å². The SMILES string of the molecule is CCOC(=O)Cn1c(=NC(=O)C=Cc2cccs2)sc2cc(C)cc(C)c21. The molecule has 0 spiro atoms. The monoisotopic (exact) mass is 400 g/mol. The van der Waals surface area contributed by atoms with E-state index in [-0.39, 0.29) is 18.4 Å². The molecule has 3 aromatic rings. The van der Waals surface area contributed by atoms with Crippen molar-refractivity contribution in [2.24, 2.45) is 4.99 Å². The summed E-state index contributed by atoms with van der Waals surface area (Å²) in [5.74, 6) is -0.706. The minimum Gasteiger partial charge on any atom is -0.465 e. The van der Waals surface area contributed by atoms with Crippen molar-refractivity contribution in [3.63, 3.8) is 0 Å². The van der Waals surface area contributed by atoms with Crippen molar-refractivity contribution in [1.82, 2.24) is 4.57 Å². The first-order chi connectivity index (χ1) is 13.0. The zero-order valence-electron chi connectivity index (χ0n) is 15.4. The summed E-state index contributed by atoms with van der Waals surface area (Å²) in [7, 11) is 0. The van der Waals surface area contributed by atoms with Gasteiger partial charge in [-0.15, -0.1) is 11.3 Å². The highest BCUT2D eigenvalue weighted by atomic mass is 32.1. The molecule has 0 bridgehead atoms. The number of fused-ring (bicyclic) bond motifs is 1. The number of thiophene rings is 1. The van der Waals surface area contributed by atoms with E-state index in [2.05, 4.69) is 11.1 Å². The maximum absolute atomic E-state index is 12.3. The van der Waals surface area contributed by atoms with Gasteiger partial charge in [-0.2, -0.15) is 4.99 Å². The van der Waals surface area contributed by atoms with E-state index in [1.165, 1.54) is 17.4 Å². The Labute approximate surface area is 165 Å². The van der Waals surface area contributed by atoms with E-state index in [0.29, 0.717) is 11.4 Å². The molecular weight excluding hydrogens is 380 g/mol. The van der Waals surface area contributed by atoms with Gasteiger partial charge < -0.3 is 9.30 Å². The molecule has 3 rings (SSSR count). The predicted molar refractivity (Wildman–Crippen MR) is 110 cm³/mol. The molecule has 0 fully saturated rings. The zero-order valence-corrected chi connectivity index (χ0v) is 17.0. The number of nitrogens with zero attached hydrogens (tertiary/aromatic N) is 2. The highest BCUT2D eigenvalue weighted by molar-refractivity contribution is 7.16. The Balaban J connectivity index is 2.06. The normalized spacial score (nSPS) is 12.2. The van der Waals surface area contributed by atoms with Gasteiger partial charge in [-0.25, -0.2) is 0 Å². The topological polar surface area (TPSA) is 60.7 Å². The molecule has 7 heteroatoms. The van der Waals surface area contributed by atoms with Gasteiger partial charge in [0.15, 0.2) is 4.80 Å². The maximum Gasteiger partial charge on any atom is 0.326 e. The van der Waals surface area contributed by atoms with Gasteiger partial charge in [0, 0.05) is 11.0 Å². The third-order valence-electron chi connectivity index (χ3n) is 3.84. The van der Waals surface area contributed by atoms with Gasteiger partial charge in [-0.3, -0.25) is 9.59 Å². The second-order valence-electron chi connectivity index (χ2n) is 6.00. The lowest BCUT2D eigenvalue weighted by Crippen LogP contribution is -2.23. The standard InChI is InChI=1S/C20H20N2O3S2/c1-4-25-18(24)12-22-19-14(3)10-13(2)11-16(19)27-20(22)21-17(23)8-7-15-6-5-9-26-15/h5-11H,4,12H2,1-3H3. The number of aromatic nitrogens is 1. The molecule has 0 saturated heterocycles. The van der Waals surface area contributed by atoms with Crippen molar-refractivity contribution in [2.75, 3.05) is 6.61 Å². The van der Waals surface area contributed by atoms with Crippen molar-refractivity contribution in [3.8, 4) is 0 Å². The number of hydrogen-bond acceptors (Lipinski definition) is 5. The minimum atomic E-state index is -0.359. The van der Waals surface area contributed by atoms with E-state index in [1.807, 2.05) is 37.4 Å². The van der Waals surface area contributed by atoms with Gasteiger partial charge in [-0.1, -0.05) is 23.5 Å². The summed E-state index contributed by atoms with van der Waals surface area (Å²) in [5, 5.41) is 1.95. The fourth-order valence-corrected chi connectivity index (χ4v) is 4.66. The lowest BCUT2D eigenvalue weighted by Gasteiger charge is -2.07. The smallest absolute Gasteiger partial charge is 0.326 e. The summed E-state index contributed by atoms with van der Waals surface area (Å²) in [4.78, 5) is 30.1. The Kier molecular flexibility index (Phi) is 6.03. The molecule has 1 aromatic carbocycles. The van der Waals surface area contributed by atoms with Crippen molar-refractivity contribution < 1.29 is 14.3 Å². The van der Waals surface area contributed by atoms with E-state index in [4.69, 9.17) is 4.74 Å². The first-order valence-electron chi connectivity index (χ1n) is 8.54. The third-order valence-corrected chi connectivity index (χ3v) is 5.71. The first kappa shape index (κ1) is 19.3. The molecular formula is C20H20N2O3S2. The molecule has 0 atom stereocenters. The van der Waals surface area contributed by atoms with Crippen LogP contribution in [0.4, 0.5) is 0 Å². The molecule has 0 N–H and O–H groups in total. The molecule has 0 aliphatic rings. The molecule has 0 saturated carbocycles. The summed E-state index contributed by atoms with van der Waals surface area (Å²) < 4.78 is 7.85. The number of aryl methyl sites for hydroxylation is 2. The van der Waals surface area contributed by atoms with Crippen molar-refractivity contribution in [2.45, 2.75) is 27.3 Å². The van der Waals surface area contributed by atoms with Gasteiger partial charge in [0.25, 0.3) is 5.91 Å². The highest BCUT2D eigenvalue weighted by Gasteiger charge is 2.14. The molecule has 0 radical (unpaired) electrons. The lowest BCUT2D eigenvalue weighted by atomic mass is 10.1. The van der Waals surface area contributed by atoms with E-state index in [9.17, 15) is 9.59 Å². The Bertz CT molecular complexity index is 1070. The van der Waals surface area contributed by atoms with E-state index >= 15 is 0 Å². The van der Waals surface area contributed by atoms with Crippen LogP contribution in [-0.4, -0.2) is 23.1 Å². The molecule has 5 nitrogen and oxygen atoms in total. The van der Waals surface area contributed by atoms with E-state index in [1.54, 1.807) is 28.9 Å². The third kappa shape index (κ3) is 4.61. The number of esters is 1. The highest BCUT2D eigenvalue weighted by Crippen LogP contribution is 2.23. The van der Waals surface area contributed by atoms with Crippen LogP contribution in [0, 0.1) is 13.8 Å². The number of thiazole rings is 1. The average Bonchev–Trinajstić information content (AvgIpc) is 3.22. The Hall–Kier alpha value is -2.51. The van der Waals surface area contributed by atoms with Crippen LogP contribution in [0.1, 0.15) is 22.9 Å². The summed E-state index contributed by atoms with van der Waals surface area (Å²) in [6.07, 6.45) is 3.19. The zero-order chi connectivity index (χ0) is 19.4. The molecule has 0 aliphatic heterocycles. The number of rotatable bonds is 5. The first-order valence-corrected chi connectivity index (χ1v) is 10.2. The predicted octanol–water partition coefficient (Wildman–Crippen LogP) is 4.08. The van der Waals surface area contributed by atoms with Crippen LogP contribution in [0.15, 0.2) is 40.7 Å². The molecule has 140 valence electrons. The minimum absolute atomic E-state index is 0.0263. The average molecular weight is 401 g/mol. The Morgan fingerprint density at radius 3 is 2.81 bits per heavy atom. The number of carbonyl (C=O) groups excluding carboxylic acids is 2. The Morgan fingerprint density at radius 1 is 1.30 bits per heavy atom. The van der Waals surface area contributed by atoms with Gasteiger partial charge >= 0.3 is 5.97 Å². The van der Waals surface area contributed by atoms with Gasteiger partial charge in [-0.05, 0) is 55.5 Å². The second-order valence-corrected chi connectivity index (χ2v) is 7.99. The van der Waals surface area contributed by atoms with Crippen molar-refractivity contribution in [3.05, 3.63) is 56.5 Å². The second kappa shape index (κ2) is 8.45. The Morgan fingerprint density at radius 2 is 2.11 bits per heavy atom. The molecule has 0 aliphatic carbocycles. The van der Waals surface area contributed by atoms with Crippen LogP contribution in [0.5, 0.6) is 0 Å². The number of ether oxygens (including phenoxy) is 1. The largest absolute Gasteiger partial charge is 0.465 e. The van der Waals surface area contributed by atoms with Crippen LogP contribution < -0.4 is 4.80 Å². The van der Waals surface area contributed by atoms with E-state index in [0.717, 1.165) is 26.2 Å². The molecule has 1 amide bonds. The summed E-state index contributed by atoms with van der Waals surface area (Å²) >= 11 is 2.95. The van der Waals surface area contributed by atoms with Crippen LogP contribution >= 0.6 is 22.7 Å². The summed E-state index contributed by atoms with van der Waals surface area (Å²) in [6, 6.07) is 7.95. The van der Waals surface area contributed by atoms with Crippen LogP contribution in [0.2, 0.25) is 0 Å². The van der Waals surface area contributed by atoms with Gasteiger partial charge in [0.05, 0.1) is 16.8 Å². The maximum atomic E-state index is 12.3.